The van der Waals surface area contributed by atoms with Crippen LogP contribution in [0.25, 0.3) is 133 Å². The summed E-state index contributed by atoms with van der Waals surface area (Å²) in [5.74, 6) is -0.967. The Kier molecular flexibility index (Phi) is 26.9. The number of H-pyrrole nitrogens is 4. The fourth-order valence-corrected chi connectivity index (χ4v) is 18.1. The second-order valence-electron chi connectivity index (χ2n) is 34.3. The molecule has 0 aromatic carbocycles. The van der Waals surface area contributed by atoms with Gasteiger partial charge in [-0.05, 0) is 183 Å². The topological polar surface area (TPSA) is 603 Å². The highest BCUT2D eigenvalue weighted by Gasteiger charge is 2.35. The van der Waals surface area contributed by atoms with Crippen LogP contribution in [0.5, 0.6) is 0 Å². The number of fused-ring (bicyclic) bond motifs is 12. The van der Waals surface area contributed by atoms with E-state index < -0.39 is 69.4 Å². The van der Waals surface area contributed by atoms with Crippen LogP contribution in [-0.2, 0) is 32.4 Å². The number of aromatic amines is 4. The molecule has 0 unspecified atom stereocenters. The van der Waals surface area contributed by atoms with E-state index >= 15 is 0 Å². The molecule has 43 heteroatoms. The van der Waals surface area contributed by atoms with Crippen molar-refractivity contribution in [3.8, 4) is 45.0 Å². The number of hydrogen-bond donors (Lipinski definition) is 11. The molecular weight excluding hydrogens is 1780 g/mol. The first-order valence-electron chi connectivity index (χ1n) is 44.8. The van der Waals surface area contributed by atoms with E-state index in [0.717, 1.165) is 16.8 Å². The van der Waals surface area contributed by atoms with Gasteiger partial charge in [-0.3, -0.25) is 111 Å². The Hall–Kier alpha value is -16.0. The van der Waals surface area contributed by atoms with Crippen LogP contribution in [0.15, 0.2) is 185 Å². The quantitative estimate of drug-likeness (QED) is 0.0689. The number of anilines is 1. The molecule has 138 heavy (non-hydrogen) atoms. The van der Waals surface area contributed by atoms with Gasteiger partial charge >= 0.3 is 22.8 Å². The minimum atomic E-state index is -1.08. The molecule has 0 bridgehead atoms. The van der Waals surface area contributed by atoms with E-state index in [1.54, 1.807) is 135 Å². The molecule has 20 rings (SSSR count). The monoisotopic (exact) mass is 1870 g/mol. The molecule has 12 N–H and O–H groups in total. The molecule has 4 saturated heterocycles. The predicted octanol–water partition coefficient (Wildman–Crippen LogP) is 3.83. The summed E-state index contributed by atoms with van der Waals surface area (Å²) in [4.78, 5) is 221. The third-order valence-electron chi connectivity index (χ3n) is 25.3. The van der Waals surface area contributed by atoms with Crippen molar-refractivity contribution in [3.63, 3.8) is 0 Å². The number of nitrogens with one attached hydrogen (secondary N) is 4. The third kappa shape index (κ3) is 18.9. The number of likely N-dealkylation sites (tertiary alicyclic amines) is 4. The number of aryl methyl sites for hydroxylation is 1. The van der Waals surface area contributed by atoms with Gasteiger partial charge in [-0.15, -0.1) is 0 Å². The maximum Gasteiger partial charge on any atom is 0.329 e. The summed E-state index contributed by atoms with van der Waals surface area (Å²) in [5.41, 5.74) is 14.3. The summed E-state index contributed by atoms with van der Waals surface area (Å²) in [5, 5.41) is 58.0. The van der Waals surface area contributed by atoms with Gasteiger partial charge in [0.2, 0.25) is 0 Å². The van der Waals surface area contributed by atoms with Crippen LogP contribution in [0, 0.1) is 6.92 Å². The zero-order valence-electron chi connectivity index (χ0n) is 75.3. The number of amides is 4. The molecule has 4 aliphatic rings. The van der Waals surface area contributed by atoms with Crippen LogP contribution >= 0.6 is 0 Å². The number of nitrogens with zero attached hydrogens (tertiary/aromatic N) is 20. The number of nitrogens with two attached hydrogens (primary N) is 1. The van der Waals surface area contributed by atoms with Crippen LogP contribution in [0.1, 0.15) is 120 Å². The first kappa shape index (κ1) is 93.8. The Morgan fingerprint density at radius 1 is 0.326 bits per heavy atom. The number of aliphatic hydroxyl groups excluding tert-OH is 6. The van der Waals surface area contributed by atoms with Gasteiger partial charge in [0.15, 0.2) is 0 Å². The van der Waals surface area contributed by atoms with Gasteiger partial charge in [0.05, 0.1) is 113 Å². The number of hydrogen-bond acceptors (Lipinski definition) is 31. The Bertz CT molecular complexity index is 7500. The standard InChI is InChI=1S/2C24H24N6O5.C24H24N6O4.C23H23N7O4/c2*1-13(32)23(34)29-8-6-16(7-9-29)30-21-17(22(33)28-24(30)35)11-26-19-5-4-18(27-20(19)21)14-2-3-15(12-31)25-10-14;1-13-3-4-15(11-25-13)18-5-6-19-20(27-18)21-17(12-26-19)22(32)28-24(34)30(21)16-7-9-29(10-8-16)23(33)14(2)31;1-12(31)22(33)29-8-6-14(7-9-29)30-20-15(21(32)28-23(30)34)11-25-17-4-3-16(27-19(17)20)13-2-5-18(24)26-10-13/h2*2-5,10-11,13,16,31-32H,6-9,12H2,1H3,(H,28,33,35);3-6,11-12,14,16,31H,7-10H2,1-2H3,(H,28,32,34);2-5,10-12,14,31H,6-9H2,1H3,(H2,24,26)(H,28,32,34)/t2*13-;14-;12-/m0000/s1. The lowest BCUT2D eigenvalue weighted by Gasteiger charge is -2.34. The molecule has 4 fully saturated rings. The number of aliphatic hydroxyl groups is 6. The van der Waals surface area contributed by atoms with Crippen molar-refractivity contribution in [2.75, 3.05) is 58.1 Å². The van der Waals surface area contributed by atoms with Crippen molar-refractivity contribution in [2.24, 2.45) is 0 Å². The van der Waals surface area contributed by atoms with Gasteiger partial charge in [-0.1, -0.05) is 0 Å². The number of aromatic nitrogens is 20. The minimum Gasteiger partial charge on any atom is -0.390 e. The summed E-state index contributed by atoms with van der Waals surface area (Å²) >= 11 is 0. The van der Waals surface area contributed by atoms with Crippen LogP contribution in [0.3, 0.4) is 0 Å². The van der Waals surface area contributed by atoms with Crippen molar-refractivity contribution in [1.29, 1.82) is 0 Å². The normalized spacial score (nSPS) is 15.6. The zero-order chi connectivity index (χ0) is 97.3. The summed E-state index contributed by atoms with van der Waals surface area (Å²) in [6, 6.07) is 27.6. The molecule has 4 amide bonds. The van der Waals surface area contributed by atoms with E-state index in [1.807, 2.05) is 31.2 Å². The van der Waals surface area contributed by atoms with Gasteiger partial charge in [-0.25, -0.2) is 44.1 Å². The molecule has 16 aromatic heterocycles. The predicted molar refractivity (Wildman–Crippen MR) is 508 cm³/mol. The second-order valence-corrected chi connectivity index (χ2v) is 34.3. The fourth-order valence-electron chi connectivity index (χ4n) is 18.1. The van der Waals surface area contributed by atoms with Gasteiger partial charge in [0.1, 0.15) is 52.3 Å². The van der Waals surface area contributed by atoms with Gasteiger partial charge in [-0.2, -0.15) is 0 Å². The van der Waals surface area contributed by atoms with Crippen LogP contribution in [-0.4, -0.2) is 249 Å². The number of carbonyl (C=O) groups excluding carboxylic acids is 4. The number of piperidine rings is 4. The molecule has 43 nitrogen and oxygen atoms in total. The lowest BCUT2D eigenvalue weighted by molar-refractivity contribution is -0.141. The fraction of sp³-hybridized carbons (Fsp3) is 0.326. The molecule has 16 aromatic rings. The molecule has 20 heterocycles. The Balaban J connectivity index is 0.000000127. The highest BCUT2D eigenvalue weighted by molar-refractivity contribution is 6.04. The largest absolute Gasteiger partial charge is 0.390 e. The van der Waals surface area contributed by atoms with Gasteiger partial charge < -0.3 is 56.0 Å². The Morgan fingerprint density at radius 2 is 0.565 bits per heavy atom. The molecule has 708 valence electrons. The lowest BCUT2D eigenvalue weighted by Crippen LogP contribution is -2.45. The van der Waals surface area contributed by atoms with E-state index in [1.165, 1.54) is 52.5 Å². The lowest BCUT2D eigenvalue weighted by atomic mass is 10.0. The second kappa shape index (κ2) is 39.5. The van der Waals surface area contributed by atoms with Gasteiger partial charge in [0, 0.05) is 154 Å². The maximum absolute atomic E-state index is 13.1. The zero-order valence-corrected chi connectivity index (χ0v) is 75.3. The average Bonchev–Trinajstić information content (AvgIpc) is 0.753. The first-order valence-corrected chi connectivity index (χ1v) is 44.8. The highest BCUT2D eigenvalue weighted by Crippen LogP contribution is 2.36. The molecule has 0 saturated carbocycles. The summed E-state index contributed by atoms with van der Waals surface area (Å²) in [6.07, 6.45) is 12.0. The van der Waals surface area contributed by atoms with E-state index in [0.29, 0.717) is 221 Å². The third-order valence-corrected chi connectivity index (χ3v) is 25.3. The first-order chi connectivity index (χ1) is 66.4. The highest BCUT2D eigenvalue weighted by atomic mass is 16.3. The minimum absolute atomic E-state index is 0.170. The summed E-state index contributed by atoms with van der Waals surface area (Å²) in [6.45, 7) is 10.4. The molecule has 0 radical (unpaired) electrons. The van der Waals surface area contributed by atoms with Gasteiger partial charge in [0.25, 0.3) is 45.9 Å². The van der Waals surface area contributed by atoms with E-state index in [2.05, 4.69) is 59.8 Å². The molecule has 4 atom stereocenters. The SMILES string of the molecule is C[C@H](O)C(=O)N1CCC(n2c(=O)[nH]c(=O)c3cnc4ccc(-c5ccc(CO)nc5)nc4c32)CC1.C[C@H](O)C(=O)N1CCC(n2c(=O)[nH]c(=O)c3cnc4ccc(-c5ccc(CO)nc5)nc4c32)CC1.C[C@H](O)C(=O)N1CCC(n2c(=O)[nH]c(=O)c3cnc4ccc(-c5ccc(N)nc5)nc4c32)CC1.Cc1ccc(-c2ccc3ncc4c(=O)[nH]c(=O)n(C5CCN(C(=O)[C@H](C)O)CC5)c4c3n2)cn1. The van der Waals surface area contributed by atoms with Crippen molar-refractivity contribution in [2.45, 2.75) is 148 Å². The van der Waals surface area contributed by atoms with Crippen molar-refractivity contribution >= 4 is 117 Å². The van der Waals surface area contributed by atoms with E-state index in [-0.39, 0.29) is 82.6 Å². The number of pyridine rings is 12. The van der Waals surface area contributed by atoms with Crippen LogP contribution < -0.4 is 50.7 Å². The number of nitrogen functional groups attached to an aromatic ring is 1. The smallest absolute Gasteiger partial charge is 0.329 e. The summed E-state index contributed by atoms with van der Waals surface area (Å²) < 4.78 is 6.24. The molecule has 0 aliphatic carbocycles. The molecular formula is C95H95N25O18. The maximum atomic E-state index is 13.1. The Morgan fingerprint density at radius 3 is 0.775 bits per heavy atom. The summed E-state index contributed by atoms with van der Waals surface area (Å²) in [7, 11) is 0. The van der Waals surface area contributed by atoms with Crippen LogP contribution in [0.2, 0.25) is 0 Å². The Labute approximate surface area is 778 Å². The van der Waals surface area contributed by atoms with E-state index in [9.17, 15) is 88.2 Å². The van der Waals surface area contributed by atoms with E-state index in [4.69, 9.17) is 25.7 Å². The number of carbonyl (C=O) groups is 4. The number of rotatable bonds is 14. The molecule has 4 aliphatic heterocycles. The van der Waals surface area contributed by atoms with Crippen molar-refractivity contribution in [3.05, 3.63) is 247 Å². The average molecular weight is 1870 g/mol. The molecule has 0 spiro atoms. The van der Waals surface area contributed by atoms with Crippen LogP contribution in [0.4, 0.5) is 5.82 Å². The van der Waals surface area contributed by atoms with Crippen molar-refractivity contribution < 1.29 is 49.8 Å². The van der Waals surface area contributed by atoms with Crippen molar-refractivity contribution in [1.82, 2.24) is 118 Å².